The second-order valence-corrected chi connectivity index (χ2v) is 4.84. The molecule has 0 bridgehead atoms. The number of amides is 1. The van der Waals surface area contributed by atoms with E-state index >= 15 is 0 Å². The number of benzene rings is 1. The Balaban J connectivity index is 1.94. The molecule has 0 saturated carbocycles. The molecule has 0 aliphatic heterocycles. The fourth-order valence-corrected chi connectivity index (χ4v) is 1.94. The number of aryl methyl sites for hydroxylation is 3. The van der Waals surface area contributed by atoms with Gasteiger partial charge in [0.05, 0.1) is 6.54 Å². The first-order chi connectivity index (χ1) is 9.97. The Bertz CT molecular complexity index is 677. The lowest BCUT2D eigenvalue weighted by Gasteiger charge is -2.08. The summed E-state index contributed by atoms with van der Waals surface area (Å²) < 4.78 is 1.31. The Morgan fingerprint density at radius 1 is 1.24 bits per heavy atom. The molecule has 0 unspecified atom stereocenters. The topological polar surface area (TPSA) is 84.2 Å². The number of aromatic nitrogens is 2. The fraction of sp³-hybridized carbons (Fsp3) is 0.267. The third-order valence-corrected chi connectivity index (χ3v) is 3.28. The molecule has 0 fully saturated rings. The Morgan fingerprint density at radius 2 is 2.00 bits per heavy atom. The number of nitrogens with one attached hydrogen (secondary N) is 1. The molecule has 2 aromatic rings. The summed E-state index contributed by atoms with van der Waals surface area (Å²) in [6, 6.07) is 7.10. The van der Waals surface area contributed by atoms with E-state index in [0.717, 1.165) is 16.8 Å². The number of anilines is 1. The first-order valence-electron chi connectivity index (χ1n) is 6.59. The SMILES string of the molecule is Cc1ccc(NC(=O)CCn2nccc2C(=O)O)cc1C. The van der Waals surface area contributed by atoms with Crippen LogP contribution in [0.4, 0.5) is 5.69 Å². The highest BCUT2D eigenvalue weighted by atomic mass is 16.4. The number of hydrogen-bond donors (Lipinski definition) is 2. The van der Waals surface area contributed by atoms with Crippen molar-refractivity contribution in [2.45, 2.75) is 26.8 Å². The van der Waals surface area contributed by atoms with Gasteiger partial charge < -0.3 is 10.4 Å². The van der Waals surface area contributed by atoms with E-state index in [4.69, 9.17) is 5.11 Å². The molecular formula is C15H17N3O3. The highest BCUT2D eigenvalue weighted by Crippen LogP contribution is 2.14. The lowest BCUT2D eigenvalue weighted by Crippen LogP contribution is -2.17. The maximum Gasteiger partial charge on any atom is 0.354 e. The third kappa shape index (κ3) is 3.68. The minimum Gasteiger partial charge on any atom is -0.477 e. The number of carboxylic acid groups (broad SMARTS) is 1. The van der Waals surface area contributed by atoms with E-state index in [1.807, 2.05) is 32.0 Å². The lowest BCUT2D eigenvalue weighted by atomic mass is 10.1. The molecule has 6 nitrogen and oxygen atoms in total. The number of carboxylic acids is 1. The second-order valence-electron chi connectivity index (χ2n) is 4.84. The predicted molar refractivity (Wildman–Crippen MR) is 78.3 cm³/mol. The summed E-state index contributed by atoms with van der Waals surface area (Å²) in [5, 5.41) is 15.6. The second kappa shape index (κ2) is 6.21. The molecule has 110 valence electrons. The normalized spacial score (nSPS) is 10.4. The van der Waals surface area contributed by atoms with Gasteiger partial charge in [0.2, 0.25) is 5.91 Å². The Hall–Kier alpha value is -2.63. The highest BCUT2D eigenvalue weighted by molar-refractivity contribution is 5.91. The zero-order chi connectivity index (χ0) is 15.4. The predicted octanol–water partition coefficient (Wildman–Crippen LogP) is 2.23. The van der Waals surface area contributed by atoms with Crippen LogP contribution in [0, 0.1) is 13.8 Å². The lowest BCUT2D eigenvalue weighted by molar-refractivity contribution is -0.116. The molecule has 0 spiro atoms. The molecule has 2 N–H and O–H groups in total. The number of aromatic carboxylic acids is 1. The molecule has 1 aromatic carbocycles. The summed E-state index contributed by atoms with van der Waals surface area (Å²) in [7, 11) is 0. The minimum atomic E-state index is -1.05. The van der Waals surface area contributed by atoms with Crippen LogP contribution in [0.1, 0.15) is 28.0 Å². The number of nitrogens with zero attached hydrogens (tertiary/aromatic N) is 2. The molecule has 0 saturated heterocycles. The number of carbonyl (C=O) groups is 2. The van der Waals surface area contributed by atoms with E-state index in [1.54, 1.807) is 0 Å². The van der Waals surface area contributed by atoms with Crippen molar-refractivity contribution in [3.63, 3.8) is 0 Å². The summed E-state index contributed by atoms with van der Waals surface area (Å²) >= 11 is 0. The first kappa shape index (κ1) is 14.8. The van der Waals surface area contributed by atoms with Crippen molar-refractivity contribution in [3.8, 4) is 0 Å². The quantitative estimate of drug-likeness (QED) is 0.883. The van der Waals surface area contributed by atoms with Gasteiger partial charge in [0.15, 0.2) is 0 Å². The monoisotopic (exact) mass is 287 g/mol. The molecule has 1 amide bonds. The van der Waals surface area contributed by atoms with E-state index in [2.05, 4.69) is 10.4 Å². The smallest absolute Gasteiger partial charge is 0.354 e. The molecule has 1 aromatic heterocycles. The molecule has 2 rings (SSSR count). The summed E-state index contributed by atoms with van der Waals surface area (Å²) in [5.41, 5.74) is 3.08. The molecule has 21 heavy (non-hydrogen) atoms. The minimum absolute atomic E-state index is 0.0778. The van der Waals surface area contributed by atoms with E-state index in [9.17, 15) is 9.59 Å². The van der Waals surface area contributed by atoms with Gasteiger partial charge in [-0.25, -0.2) is 4.79 Å². The van der Waals surface area contributed by atoms with Crippen LogP contribution in [0.15, 0.2) is 30.5 Å². The summed E-state index contributed by atoms with van der Waals surface area (Å²) in [6.45, 7) is 4.21. The average molecular weight is 287 g/mol. The van der Waals surface area contributed by atoms with Crippen LogP contribution in [-0.2, 0) is 11.3 Å². The number of hydrogen-bond acceptors (Lipinski definition) is 3. The van der Waals surface area contributed by atoms with Gasteiger partial charge in [0.1, 0.15) is 5.69 Å². The molecule has 0 aliphatic rings. The Kier molecular flexibility index (Phi) is 4.37. The summed E-state index contributed by atoms with van der Waals surface area (Å²) in [6.07, 6.45) is 1.57. The maximum atomic E-state index is 11.9. The van der Waals surface area contributed by atoms with Crippen molar-refractivity contribution >= 4 is 17.6 Å². The van der Waals surface area contributed by atoms with Crippen molar-refractivity contribution < 1.29 is 14.7 Å². The average Bonchev–Trinajstić information content (AvgIpc) is 2.89. The van der Waals surface area contributed by atoms with E-state index in [0.29, 0.717) is 0 Å². The van der Waals surface area contributed by atoms with Gasteiger partial charge in [-0.15, -0.1) is 0 Å². The van der Waals surface area contributed by atoms with Crippen LogP contribution in [0.3, 0.4) is 0 Å². The molecule has 0 aliphatic carbocycles. The van der Waals surface area contributed by atoms with Crippen molar-refractivity contribution in [2.24, 2.45) is 0 Å². The van der Waals surface area contributed by atoms with Crippen LogP contribution < -0.4 is 5.32 Å². The van der Waals surface area contributed by atoms with E-state index in [-0.39, 0.29) is 24.6 Å². The molecule has 1 heterocycles. The maximum absolute atomic E-state index is 11.9. The van der Waals surface area contributed by atoms with Gasteiger partial charge in [0, 0.05) is 18.3 Å². The van der Waals surface area contributed by atoms with Crippen molar-refractivity contribution in [1.29, 1.82) is 0 Å². The van der Waals surface area contributed by atoms with Gasteiger partial charge in [0.25, 0.3) is 0 Å². The number of rotatable bonds is 5. The zero-order valence-corrected chi connectivity index (χ0v) is 12.0. The molecule has 0 radical (unpaired) electrons. The Labute approximate surface area is 122 Å². The first-order valence-corrected chi connectivity index (χ1v) is 6.59. The van der Waals surface area contributed by atoms with Gasteiger partial charge >= 0.3 is 5.97 Å². The van der Waals surface area contributed by atoms with Crippen LogP contribution in [0.2, 0.25) is 0 Å². The van der Waals surface area contributed by atoms with Crippen LogP contribution in [-0.4, -0.2) is 26.8 Å². The molecule has 6 heteroatoms. The van der Waals surface area contributed by atoms with Crippen molar-refractivity contribution in [3.05, 3.63) is 47.3 Å². The van der Waals surface area contributed by atoms with Gasteiger partial charge in [-0.1, -0.05) is 6.07 Å². The van der Waals surface area contributed by atoms with Crippen LogP contribution in [0.5, 0.6) is 0 Å². The van der Waals surface area contributed by atoms with Crippen molar-refractivity contribution in [1.82, 2.24) is 9.78 Å². The molecular weight excluding hydrogens is 270 g/mol. The fourth-order valence-electron chi connectivity index (χ4n) is 1.94. The summed E-state index contributed by atoms with van der Waals surface area (Å²) in [5.74, 6) is -1.23. The van der Waals surface area contributed by atoms with E-state index in [1.165, 1.54) is 16.9 Å². The van der Waals surface area contributed by atoms with Crippen molar-refractivity contribution in [2.75, 3.05) is 5.32 Å². The van der Waals surface area contributed by atoms with Gasteiger partial charge in [-0.3, -0.25) is 9.48 Å². The standard InChI is InChI=1S/C15H17N3O3/c1-10-3-4-12(9-11(10)2)17-14(19)6-8-18-13(15(20)21)5-7-16-18/h3-5,7,9H,6,8H2,1-2H3,(H,17,19)(H,20,21). The van der Waals surface area contributed by atoms with Gasteiger partial charge in [-0.2, -0.15) is 5.10 Å². The third-order valence-electron chi connectivity index (χ3n) is 3.28. The zero-order valence-electron chi connectivity index (χ0n) is 12.0. The van der Waals surface area contributed by atoms with Crippen LogP contribution >= 0.6 is 0 Å². The van der Waals surface area contributed by atoms with Crippen LogP contribution in [0.25, 0.3) is 0 Å². The number of carbonyl (C=O) groups excluding carboxylic acids is 1. The van der Waals surface area contributed by atoms with Gasteiger partial charge in [-0.05, 0) is 43.2 Å². The van der Waals surface area contributed by atoms with E-state index < -0.39 is 5.97 Å². The largest absolute Gasteiger partial charge is 0.477 e. The summed E-state index contributed by atoms with van der Waals surface area (Å²) in [4.78, 5) is 22.8. The highest BCUT2D eigenvalue weighted by Gasteiger charge is 2.11. The molecule has 0 atom stereocenters. The Morgan fingerprint density at radius 3 is 2.67 bits per heavy atom.